The lowest BCUT2D eigenvalue weighted by molar-refractivity contribution is -0.139. The third-order valence-corrected chi connectivity index (χ3v) is 7.49. The molecule has 0 aliphatic rings. The highest BCUT2D eigenvalue weighted by molar-refractivity contribution is 9.10. The molecule has 0 saturated carbocycles. The monoisotopic (exact) mass is 591 g/mol. The summed E-state index contributed by atoms with van der Waals surface area (Å²) in [5.41, 5.74) is 0.914. The number of sulfonamides is 1. The molecule has 0 aliphatic carbocycles. The van der Waals surface area contributed by atoms with Gasteiger partial charge in [0.2, 0.25) is 21.8 Å². The van der Waals surface area contributed by atoms with Crippen LogP contribution < -0.4 is 9.62 Å². The van der Waals surface area contributed by atoms with Gasteiger partial charge >= 0.3 is 0 Å². The highest BCUT2D eigenvalue weighted by Gasteiger charge is 2.31. The van der Waals surface area contributed by atoms with Gasteiger partial charge in [0.25, 0.3) is 0 Å². The van der Waals surface area contributed by atoms with E-state index in [1.54, 1.807) is 6.92 Å². The average molecular weight is 593 g/mol. The second-order valence-electron chi connectivity index (χ2n) is 8.01. The molecule has 0 unspecified atom stereocenters. The number of rotatable bonds is 10. The van der Waals surface area contributed by atoms with Crippen molar-refractivity contribution in [2.45, 2.75) is 45.8 Å². The summed E-state index contributed by atoms with van der Waals surface area (Å²) >= 11 is 15.6. The molecule has 11 heteroatoms. The zero-order valence-electron chi connectivity index (χ0n) is 19.4. The van der Waals surface area contributed by atoms with E-state index in [4.69, 9.17) is 23.2 Å². The van der Waals surface area contributed by atoms with E-state index in [1.807, 2.05) is 38.1 Å². The Morgan fingerprint density at radius 3 is 2.24 bits per heavy atom. The van der Waals surface area contributed by atoms with Crippen molar-refractivity contribution in [1.82, 2.24) is 10.2 Å². The third-order valence-electron chi connectivity index (χ3n) is 5.29. The van der Waals surface area contributed by atoms with Crippen LogP contribution in [0.15, 0.2) is 46.9 Å². The average Bonchev–Trinajstić information content (AvgIpc) is 2.76. The van der Waals surface area contributed by atoms with Crippen molar-refractivity contribution in [2.75, 3.05) is 17.1 Å². The lowest BCUT2D eigenvalue weighted by Crippen LogP contribution is -2.52. The molecule has 0 aliphatic heterocycles. The van der Waals surface area contributed by atoms with Crippen molar-refractivity contribution in [3.05, 3.63) is 62.5 Å². The summed E-state index contributed by atoms with van der Waals surface area (Å²) in [7, 11) is -3.88. The number of nitrogens with one attached hydrogen (secondary N) is 1. The summed E-state index contributed by atoms with van der Waals surface area (Å²) in [5, 5.41) is 3.31. The van der Waals surface area contributed by atoms with E-state index < -0.39 is 28.5 Å². The molecule has 2 rings (SSSR count). The maximum Gasteiger partial charge on any atom is 0.244 e. The molecule has 34 heavy (non-hydrogen) atoms. The summed E-state index contributed by atoms with van der Waals surface area (Å²) in [5.74, 6) is -0.874. The van der Waals surface area contributed by atoms with Gasteiger partial charge in [-0.3, -0.25) is 13.9 Å². The molecule has 2 aromatic carbocycles. The number of amides is 2. The second-order valence-corrected chi connectivity index (χ2v) is 11.7. The molecule has 2 amide bonds. The van der Waals surface area contributed by atoms with Crippen LogP contribution in [0.5, 0.6) is 0 Å². The van der Waals surface area contributed by atoms with Crippen molar-refractivity contribution < 1.29 is 18.0 Å². The molecule has 2 aromatic rings. The summed E-state index contributed by atoms with van der Waals surface area (Å²) in [6.07, 6.45) is 1.72. The molecule has 0 saturated heterocycles. The number of hydrogen-bond donors (Lipinski definition) is 1. The summed E-state index contributed by atoms with van der Waals surface area (Å²) in [6, 6.07) is 10.7. The fourth-order valence-electron chi connectivity index (χ4n) is 3.11. The number of hydrogen-bond acceptors (Lipinski definition) is 4. The number of carbonyl (C=O) groups is 2. The predicted molar refractivity (Wildman–Crippen MR) is 141 cm³/mol. The first-order valence-electron chi connectivity index (χ1n) is 10.6. The van der Waals surface area contributed by atoms with E-state index in [2.05, 4.69) is 21.2 Å². The molecule has 7 nitrogen and oxygen atoms in total. The summed E-state index contributed by atoms with van der Waals surface area (Å²) in [4.78, 5) is 27.7. The van der Waals surface area contributed by atoms with Crippen molar-refractivity contribution in [3.63, 3.8) is 0 Å². The van der Waals surface area contributed by atoms with Gasteiger partial charge in [-0.1, -0.05) is 58.2 Å². The first kappa shape index (κ1) is 28.4. The minimum absolute atomic E-state index is 0.0695. The Bertz CT molecular complexity index is 1130. The van der Waals surface area contributed by atoms with Gasteiger partial charge in [0.15, 0.2) is 0 Å². The molecule has 0 aromatic heterocycles. The molecular weight excluding hydrogens is 565 g/mol. The summed E-state index contributed by atoms with van der Waals surface area (Å²) < 4.78 is 27.0. The number of anilines is 1. The maximum atomic E-state index is 13.5. The van der Waals surface area contributed by atoms with E-state index in [9.17, 15) is 18.0 Å². The molecular formula is C23H28BrCl2N3O4S. The Labute approximate surface area is 219 Å². The van der Waals surface area contributed by atoms with Crippen molar-refractivity contribution in [2.24, 2.45) is 0 Å². The van der Waals surface area contributed by atoms with E-state index >= 15 is 0 Å². The largest absolute Gasteiger partial charge is 0.352 e. The first-order valence-corrected chi connectivity index (χ1v) is 14.0. The number of benzene rings is 2. The van der Waals surface area contributed by atoms with Crippen LogP contribution in [0, 0.1) is 0 Å². The van der Waals surface area contributed by atoms with Gasteiger partial charge in [-0.15, -0.1) is 0 Å². The van der Waals surface area contributed by atoms with Gasteiger partial charge in [-0.25, -0.2) is 8.42 Å². The topological polar surface area (TPSA) is 86.8 Å². The minimum atomic E-state index is -3.88. The fourth-order valence-corrected chi connectivity index (χ4v) is 4.80. The van der Waals surface area contributed by atoms with E-state index in [-0.39, 0.29) is 29.2 Å². The van der Waals surface area contributed by atoms with Crippen LogP contribution in [0.2, 0.25) is 10.0 Å². The standard InChI is InChI=1S/C23H28BrCl2N3O4S/c1-5-15(2)27-23(31)16(3)28(13-17-6-8-18(24)9-7-17)22(30)14-29(34(4,32)33)21-11-10-19(25)12-20(21)26/h6-12,15-16H,5,13-14H2,1-4H3,(H,27,31)/t15-,16-/m1/s1. The predicted octanol–water partition coefficient (Wildman–Crippen LogP) is 4.85. The molecule has 0 fully saturated rings. The zero-order chi connectivity index (χ0) is 25.6. The first-order chi connectivity index (χ1) is 15.8. The molecule has 0 heterocycles. The second kappa shape index (κ2) is 12.2. The van der Waals surface area contributed by atoms with Crippen LogP contribution in [-0.4, -0.2) is 50.0 Å². The van der Waals surface area contributed by atoms with E-state index in [0.717, 1.165) is 27.0 Å². The highest BCUT2D eigenvalue weighted by atomic mass is 79.9. The van der Waals surface area contributed by atoms with Crippen molar-refractivity contribution in [1.29, 1.82) is 0 Å². The Balaban J connectivity index is 2.41. The van der Waals surface area contributed by atoms with E-state index in [0.29, 0.717) is 5.02 Å². The Morgan fingerprint density at radius 1 is 1.09 bits per heavy atom. The Morgan fingerprint density at radius 2 is 1.71 bits per heavy atom. The number of nitrogens with zero attached hydrogens (tertiary/aromatic N) is 2. The van der Waals surface area contributed by atoms with E-state index in [1.165, 1.54) is 23.1 Å². The minimum Gasteiger partial charge on any atom is -0.352 e. The molecule has 1 N–H and O–H groups in total. The van der Waals surface area contributed by atoms with Gasteiger partial charge in [0.1, 0.15) is 12.6 Å². The quantitative estimate of drug-likeness (QED) is 0.427. The van der Waals surface area contributed by atoms with Gasteiger partial charge in [0, 0.05) is 22.1 Å². The van der Waals surface area contributed by atoms with Gasteiger partial charge in [0.05, 0.1) is 17.0 Å². The maximum absolute atomic E-state index is 13.5. The van der Waals surface area contributed by atoms with Crippen LogP contribution in [0.3, 0.4) is 0 Å². The smallest absolute Gasteiger partial charge is 0.244 e. The van der Waals surface area contributed by atoms with Crippen molar-refractivity contribution in [3.8, 4) is 0 Å². The normalized spacial score (nSPS) is 13.1. The molecule has 0 radical (unpaired) electrons. The fraction of sp³-hybridized carbons (Fsp3) is 0.391. The Hall–Kier alpha value is -1.81. The Kier molecular flexibility index (Phi) is 10.2. The van der Waals surface area contributed by atoms with Crippen LogP contribution >= 0.6 is 39.1 Å². The van der Waals surface area contributed by atoms with Crippen LogP contribution in [0.25, 0.3) is 0 Å². The van der Waals surface area contributed by atoms with Gasteiger partial charge in [-0.05, 0) is 56.2 Å². The van der Waals surface area contributed by atoms with Gasteiger partial charge in [-0.2, -0.15) is 0 Å². The molecule has 186 valence electrons. The summed E-state index contributed by atoms with van der Waals surface area (Å²) in [6.45, 7) is 5.03. The zero-order valence-corrected chi connectivity index (χ0v) is 23.3. The highest BCUT2D eigenvalue weighted by Crippen LogP contribution is 2.30. The lowest BCUT2D eigenvalue weighted by atomic mass is 10.1. The van der Waals surface area contributed by atoms with Crippen LogP contribution in [-0.2, 0) is 26.2 Å². The third kappa shape index (κ3) is 7.86. The van der Waals surface area contributed by atoms with Crippen LogP contribution in [0.4, 0.5) is 5.69 Å². The molecule has 0 spiro atoms. The molecule has 2 atom stereocenters. The number of halogens is 3. The van der Waals surface area contributed by atoms with Crippen LogP contribution in [0.1, 0.15) is 32.8 Å². The van der Waals surface area contributed by atoms with Crippen molar-refractivity contribution >= 4 is 66.7 Å². The number of carbonyl (C=O) groups excluding carboxylic acids is 2. The van der Waals surface area contributed by atoms with Gasteiger partial charge < -0.3 is 10.2 Å². The SMILES string of the molecule is CC[C@@H](C)NC(=O)[C@@H](C)N(Cc1ccc(Br)cc1)C(=O)CN(c1ccc(Cl)cc1Cl)S(C)(=O)=O. The lowest BCUT2D eigenvalue weighted by Gasteiger charge is -2.32. The molecule has 0 bridgehead atoms.